The van der Waals surface area contributed by atoms with Crippen LogP contribution in [0.25, 0.3) is 0 Å². The lowest BCUT2D eigenvalue weighted by Crippen LogP contribution is -2.49. The number of ether oxygens (including phenoxy) is 2. The van der Waals surface area contributed by atoms with Gasteiger partial charge in [-0.25, -0.2) is 0 Å². The van der Waals surface area contributed by atoms with Gasteiger partial charge in [-0.3, -0.25) is 9.59 Å². The van der Waals surface area contributed by atoms with Crippen molar-refractivity contribution < 1.29 is 19.1 Å². The summed E-state index contributed by atoms with van der Waals surface area (Å²) in [5, 5.41) is 0. The van der Waals surface area contributed by atoms with Gasteiger partial charge in [0.2, 0.25) is 0 Å². The van der Waals surface area contributed by atoms with Gasteiger partial charge in [0.1, 0.15) is 16.9 Å². The fraction of sp³-hybridized carbons (Fsp3) is 0.429. The highest BCUT2D eigenvalue weighted by molar-refractivity contribution is 6.02. The van der Waals surface area contributed by atoms with E-state index in [0.717, 1.165) is 5.56 Å². The largest absolute Gasteiger partial charge is 0.497 e. The number of Topliss-reactive ketones (excluding diaryl/α,β-unsaturated/α-hetero) is 1. The minimum atomic E-state index is -0.804. The van der Waals surface area contributed by atoms with Crippen LogP contribution < -0.4 is 4.74 Å². The van der Waals surface area contributed by atoms with Gasteiger partial charge in [-0.2, -0.15) is 0 Å². The first-order valence-electron chi connectivity index (χ1n) is 5.96. The van der Waals surface area contributed by atoms with Crippen LogP contribution in [0.5, 0.6) is 5.75 Å². The highest BCUT2D eigenvalue weighted by atomic mass is 16.5. The van der Waals surface area contributed by atoms with Crippen molar-refractivity contribution in [2.75, 3.05) is 13.7 Å². The number of carbonyl (C=O) groups is 2. The molecule has 4 nitrogen and oxygen atoms in total. The molecule has 1 saturated carbocycles. The number of ketones is 1. The minimum absolute atomic E-state index is 0.0888. The molecule has 0 amide bonds. The molecule has 1 aromatic rings. The predicted molar refractivity (Wildman–Crippen MR) is 65.5 cm³/mol. The van der Waals surface area contributed by atoms with Gasteiger partial charge in [0.15, 0.2) is 0 Å². The van der Waals surface area contributed by atoms with Crippen molar-refractivity contribution in [2.45, 2.75) is 25.2 Å². The standard InChI is InChI=1S/C14H16O4/c1-3-18-13(16)14(8-11(15)9-14)10-5-4-6-12(7-10)17-2/h4-7H,3,8-9H2,1-2H3. The molecule has 0 heterocycles. The molecule has 1 aromatic carbocycles. The molecule has 0 unspecified atom stereocenters. The first-order valence-corrected chi connectivity index (χ1v) is 5.96. The topological polar surface area (TPSA) is 52.6 Å². The van der Waals surface area contributed by atoms with Crippen LogP contribution in [-0.2, 0) is 19.7 Å². The molecule has 0 bridgehead atoms. The van der Waals surface area contributed by atoms with E-state index in [-0.39, 0.29) is 24.6 Å². The van der Waals surface area contributed by atoms with Crippen molar-refractivity contribution in [3.05, 3.63) is 29.8 Å². The molecule has 0 atom stereocenters. The molecule has 0 saturated heterocycles. The molecular weight excluding hydrogens is 232 g/mol. The van der Waals surface area contributed by atoms with Gasteiger partial charge in [-0.15, -0.1) is 0 Å². The van der Waals surface area contributed by atoms with E-state index in [9.17, 15) is 9.59 Å². The second-order valence-corrected chi connectivity index (χ2v) is 4.43. The van der Waals surface area contributed by atoms with Crippen LogP contribution in [0.1, 0.15) is 25.3 Å². The Hall–Kier alpha value is -1.84. The van der Waals surface area contributed by atoms with E-state index in [4.69, 9.17) is 9.47 Å². The molecule has 4 heteroatoms. The van der Waals surface area contributed by atoms with Gasteiger partial charge in [-0.05, 0) is 24.6 Å². The average molecular weight is 248 g/mol. The van der Waals surface area contributed by atoms with Crippen LogP contribution in [0.4, 0.5) is 0 Å². The minimum Gasteiger partial charge on any atom is -0.497 e. The number of carbonyl (C=O) groups excluding carboxylic acids is 2. The van der Waals surface area contributed by atoms with Crippen LogP contribution >= 0.6 is 0 Å². The van der Waals surface area contributed by atoms with Crippen molar-refractivity contribution in [1.29, 1.82) is 0 Å². The normalized spacial score (nSPS) is 16.9. The zero-order chi connectivity index (χ0) is 13.2. The lowest BCUT2D eigenvalue weighted by Gasteiger charge is -2.38. The summed E-state index contributed by atoms with van der Waals surface area (Å²) in [6.45, 7) is 2.08. The molecule has 0 radical (unpaired) electrons. The summed E-state index contributed by atoms with van der Waals surface area (Å²) in [6, 6.07) is 7.26. The third-order valence-corrected chi connectivity index (χ3v) is 3.29. The highest BCUT2D eigenvalue weighted by Crippen LogP contribution is 2.43. The van der Waals surface area contributed by atoms with Gasteiger partial charge in [0.25, 0.3) is 0 Å². The van der Waals surface area contributed by atoms with E-state index in [1.807, 2.05) is 18.2 Å². The van der Waals surface area contributed by atoms with Crippen molar-refractivity contribution in [2.24, 2.45) is 0 Å². The highest BCUT2D eigenvalue weighted by Gasteiger charge is 2.52. The average Bonchev–Trinajstić information content (AvgIpc) is 2.35. The van der Waals surface area contributed by atoms with Crippen molar-refractivity contribution in [3.8, 4) is 5.75 Å². The number of hydrogen-bond acceptors (Lipinski definition) is 4. The molecule has 2 rings (SSSR count). The molecule has 0 N–H and O–H groups in total. The quantitative estimate of drug-likeness (QED) is 0.763. The Morgan fingerprint density at radius 2 is 2.11 bits per heavy atom. The molecule has 1 aliphatic carbocycles. The van der Waals surface area contributed by atoms with Crippen LogP contribution in [-0.4, -0.2) is 25.5 Å². The van der Waals surface area contributed by atoms with E-state index in [1.54, 1.807) is 20.1 Å². The van der Waals surface area contributed by atoms with Crippen LogP contribution in [0.2, 0.25) is 0 Å². The SMILES string of the molecule is CCOC(=O)C1(c2cccc(OC)c2)CC(=O)C1. The second kappa shape index (κ2) is 4.80. The fourth-order valence-electron chi connectivity index (χ4n) is 2.28. The summed E-state index contributed by atoms with van der Waals surface area (Å²) in [4.78, 5) is 23.4. The summed E-state index contributed by atoms with van der Waals surface area (Å²) in [5.74, 6) is 0.444. The Balaban J connectivity index is 2.35. The van der Waals surface area contributed by atoms with Crippen LogP contribution in [0.15, 0.2) is 24.3 Å². The summed E-state index contributed by atoms with van der Waals surface area (Å²) < 4.78 is 10.2. The Kier molecular flexibility index (Phi) is 3.36. The molecule has 0 aromatic heterocycles. The monoisotopic (exact) mass is 248 g/mol. The number of esters is 1. The maximum absolute atomic E-state index is 12.1. The lowest BCUT2D eigenvalue weighted by atomic mass is 9.63. The lowest BCUT2D eigenvalue weighted by molar-refractivity contribution is -0.158. The predicted octanol–water partition coefficient (Wildman–Crippen LogP) is 1.86. The van der Waals surface area contributed by atoms with Crippen LogP contribution in [0, 0.1) is 0 Å². The molecular formula is C14H16O4. The smallest absolute Gasteiger partial charge is 0.317 e. The summed E-state index contributed by atoms with van der Waals surface area (Å²) >= 11 is 0. The fourth-order valence-corrected chi connectivity index (χ4v) is 2.28. The van der Waals surface area contributed by atoms with E-state index in [0.29, 0.717) is 12.4 Å². The Morgan fingerprint density at radius 3 is 2.67 bits per heavy atom. The molecule has 96 valence electrons. The van der Waals surface area contributed by atoms with Gasteiger partial charge in [-0.1, -0.05) is 12.1 Å². The van der Waals surface area contributed by atoms with E-state index in [1.165, 1.54) is 0 Å². The summed E-state index contributed by atoms with van der Waals surface area (Å²) in [6.07, 6.45) is 0.442. The van der Waals surface area contributed by atoms with Crippen LogP contribution in [0.3, 0.4) is 0 Å². The van der Waals surface area contributed by atoms with Gasteiger partial charge < -0.3 is 9.47 Å². The maximum Gasteiger partial charge on any atom is 0.317 e. The Morgan fingerprint density at radius 1 is 1.39 bits per heavy atom. The first kappa shape index (κ1) is 12.6. The van der Waals surface area contributed by atoms with Gasteiger partial charge in [0, 0.05) is 12.8 Å². The third-order valence-electron chi connectivity index (χ3n) is 3.29. The van der Waals surface area contributed by atoms with Crippen molar-refractivity contribution in [1.82, 2.24) is 0 Å². The molecule has 0 aliphatic heterocycles. The molecule has 18 heavy (non-hydrogen) atoms. The third kappa shape index (κ3) is 1.98. The van der Waals surface area contributed by atoms with Gasteiger partial charge in [0.05, 0.1) is 13.7 Å². The Labute approximate surface area is 106 Å². The first-order chi connectivity index (χ1) is 8.62. The number of methoxy groups -OCH3 is 1. The maximum atomic E-state index is 12.1. The number of benzene rings is 1. The van der Waals surface area contributed by atoms with Crippen molar-refractivity contribution in [3.63, 3.8) is 0 Å². The van der Waals surface area contributed by atoms with E-state index < -0.39 is 5.41 Å². The zero-order valence-electron chi connectivity index (χ0n) is 10.6. The second-order valence-electron chi connectivity index (χ2n) is 4.43. The van der Waals surface area contributed by atoms with E-state index >= 15 is 0 Å². The Bertz CT molecular complexity index is 470. The van der Waals surface area contributed by atoms with Crippen molar-refractivity contribution >= 4 is 11.8 Å². The zero-order valence-corrected chi connectivity index (χ0v) is 10.6. The molecule has 1 fully saturated rings. The summed E-state index contributed by atoms with van der Waals surface area (Å²) in [5.41, 5.74) is -0.0124. The molecule has 0 spiro atoms. The number of hydrogen-bond donors (Lipinski definition) is 0. The van der Waals surface area contributed by atoms with Gasteiger partial charge >= 0.3 is 5.97 Å². The number of rotatable bonds is 4. The van der Waals surface area contributed by atoms with E-state index in [2.05, 4.69) is 0 Å². The summed E-state index contributed by atoms with van der Waals surface area (Å²) in [7, 11) is 1.57. The molecule has 1 aliphatic rings.